The molecule has 1 amide bonds. The number of unbranched alkanes of at least 4 members (excludes halogenated alkanes) is 39. The van der Waals surface area contributed by atoms with Crippen LogP contribution in [0.4, 0.5) is 0 Å². The van der Waals surface area contributed by atoms with Gasteiger partial charge in [-0.15, -0.1) is 0 Å². The van der Waals surface area contributed by atoms with E-state index < -0.39 is 20.0 Å². The van der Waals surface area contributed by atoms with Crippen LogP contribution in [0.5, 0.6) is 0 Å². The van der Waals surface area contributed by atoms with Crippen LogP contribution in [0.25, 0.3) is 0 Å². The molecule has 0 rings (SSSR count). The lowest BCUT2D eigenvalue weighted by atomic mass is 10.0. The van der Waals surface area contributed by atoms with Crippen molar-refractivity contribution in [2.45, 2.75) is 309 Å². The minimum atomic E-state index is -4.57. The molecule has 0 saturated carbocycles. The largest absolute Gasteiger partial charge is 0.756 e. The first-order valence-corrected chi connectivity index (χ1v) is 30.5. The lowest BCUT2D eigenvalue weighted by Crippen LogP contribution is -2.46. The summed E-state index contributed by atoms with van der Waals surface area (Å²) < 4.78 is 23.4. The van der Waals surface area contributed by atoms with E-state index in [1.165, 1.54) is 218 Å². The summed E-state index contributed by atoms with van der Waals surface area (Å²) in [5, 5.41) is 14.0. The predicted molar refractivity (Wildman–Crippen MR) is 284 cm³/mol. The molecule has 394 valence electrons. The van der Waals surface area contributed by atoms with Crippen molar-refractivity contribution in [3.63, 3.8) is 0 Å². The first-order valence-electron chi connectivity index (χ1n) is 29.0. The number of aliphatic hydroxyl groups excluding tert-OH is 1. The smallest absolute Gasteiger partial charge is 0.268 e. The number of quaternary nitrogens is 1. The molecule has 0 aromatic carbocycles. The van der Waals surface area contributed by atoms with Crippen molar-refractivity contribution in [3.05, 3.63) is 12.2 Å². The number of carbonyl (C=O) groups excluding carboxylic acids is 1. The lowest BCUT2D eigenvalue weighted by molar-refractivity contribution is -0.870. The van der Waals surface area contributed by atoms with Gasteiger partial charge in [-0.05, 0) is 38.5 Å². The van der Waals surface area contributed by atoms with E-state index in [1.54, 1.807) is 0 Å². The Morgan fingerprint density at radius 1 is 0.515 bits per heavy atom. The van der Waals surface area contributed by atoms with Gasteiger partial charge in [0, 0.05) is 6.42 Å². The Kier molecular flexibility index (Phi) is 48.7. The Morgan fingerprint density at radius 2 is 0.833 bits per heavy atom. The molecule has 3 unspecified atom stereocenters. The molecule has 0 aliphatic heterocycles. The third-order valence-corrected chi connectivity index (χ3v) is 14.5. The monoisotopic (exact) mass is 955 g/mol. The number of nitrogens with zero attached hydrogens (tertiary/aromatic N) is 1. The van der Waals surface area contributed by atoms with Crippen LogP contribution in [0.1, 0.15) is 296 Å². The first-order chi connectivity index (χ1) is 32.0. The van der Waals surface area contributed by atoms with Gasteiger partial charge in [0.25, 0.3) is 7.82 Å². The number of phosphoric acid groups is 1. The summed E-state index contributed by atoms with van der Waals surface area (Å²) in [6.07, 6.45) is 59.8. The van der Waals surface area contributed by atoms with Gasteiger partial charge in [-0.1, -0.05) is 264 Å². The van der Waals surface area contributed by atoms with Gasteiger partial charge in [-0.25, -0.2) is 0 Å². The van der Waals surface area contributed by atoms with Crippen LogP contribution in [0.2, 0.25) is 0 Å². The number of nitrogens with one attached hydrogen (secondary N) is 1. The molecule has 0 aliphatic carbocycles. The van der Waals surface area contributed by atoms with E-state index in [1.807, 2.05) is 21.1 Å². The number of hydrogen-bond donors (Lipinski definition) is 2. The fourth-order valence-electron chi connectivity index (χ4n) is 8.92. The topological polar surface area (TPSA) is 108 Å². The average molecular weight is 956 g/mol. The summed E-state index contributed by atoms with van der Waals surface area (Å²) in [6, 6.07) is -0.802. The second kappa shape index (κ2) is 49.2. The van der Waals surface area contributed by atoms with Crippen molar-refractivity contribution in [1.29, 1.82) is 0 Å². The minimum absolute atomic E-state index is 0.0128. The summed E-state index contributed by atoms with van der Waals surface area (Å²) in [5.41, 5.74) is 0. The Hall–Kier alpha value is -0.760. The minimum Gasteiger partial charge on any atom is -0.756 e. The van der Waals surface area contributed by atoms with Crippen LogP contribution < -0.4 is 10.2 Å². The molecule has 8 nitrogen and oxygen atoms in total. The Bertz CT molecular complexity index is 1080. The summed E-state index contributed by atoms with van der Waals surface area (Å²) in [4.78, 5) is 25.4. The Morgan fingerprint density at radius 3 is 1.20 bits per heavy atom. The summed E-state index contributed by atoms with van der Waals surface area (Å²) in [5.74, 6) is -0.170. The lowest BCUT2D eigenvalue weighted by Gasteiger charge is -2.30. The number of amides is 1. The van der Waals surface area contributed by atoms with Crippen molar-refractivity contribution < 1.29 is 32.9 Å². The molecule has 66 heavy (non-hydrogen) atoms. The summed E-state index contributed by atoms with van der Waals surface area (Å²) in [7, 11) is 1.31. The number of phosphoric ester groups is 1. The zero-order valence-corrected chi connectivity index (χ0v) is 45.8. The van der Waals surface area contributed by atoms with Gasteiger partial charge in [0.05, 0.1) is 39.9 Å². The first kappa shape index (κ1) is 65.2. The highest BCUT2D eigenvalue weighted by molar-refractivity contribution is 7.45. The van der Waals surface area contributed by atoms with Crippen molar-refractivity contribution >= 4 is 13.7 Å². The molecule has 0 heterocycles. The van der Waals surface area contributed by atoms with Gasteiger partial charge in [0.2, 0.25) is 5.91 Å². The molecule has 0 aliphatic rings. The van der Waals surface area contributed by atoms with E-state index in [9.17, 15) is 19.4 Å². The molecule has 0 bridgehead atoms. The maximum atomic E-state index is 12.9. The predicted octanol–water partition coefficient (Wildman–Crippen LogP) is 16.8. The molecule has 0 spiro atoms. The number of allylic oxidation sites excluding steroid dienone is 2. The fraction of sp³-hybridized carbons (Fsp3) is 0.947. The van der Waals surface area contributed by atoms with Gasteiger partial charge >= 0.3 is 0 Å². The van der Waals surface area contributed by atoms with Gasteiger partial charge < -0.3 is 28.8 Å². The van der Waals surface area contributed by atoms with Gasteiger partial charge in [0.1, 0.15) is 13.2 Å². The molecule has 0 aromatic rings. The highest BCUT2D eigenvalue weighted by atomic mass is 31.2. The molecule has 3 atom stereocenters. The number of aliphatic hydroxyl groups is 1. The molecule has 0 saturated heterocycles. The standard InChI is InChI=1S/C57H115N2O6P/c1-6-8-10-12-14-16-18-20-21-22-23-24-25-26-27-28-29-30-31-32-33-34-35-36-37-39-40-42-44-46-48-50-56(60)55(54-65-66(62,63)64-53-52-59(3,4)5)58-57(61)51-49-47-45-43-41-38-19-17-15-13-11-9-7-2/h17,19,55-56,60H,6-16,18,20-54H2,1-5H3,(H-,58,61,62,63)/b19-17-. The van der Waals surface area contributed by atoms with E-state index >= 15 is 0 Å². The molecular formula is C57H115N2O6P. The van der Waals surface area contributed by atoms with Crippen LogP contribution in [0, 0.1) is 0 Å². The van der Waals surface area contributed by atoms with E-state index in [0.29, 0.717) is 23.9 Å². The van der Waals surface area contributed by atoms with Crippen molar-refractivity contribution in [1.82, 2.24) is 5.32 Å². The van der Waals surface area contributed by atoms with Gasteiger partial charge in [-0.2, -0.15) is 0 Å². The summed E-state index contributed by atoms with van der Waals surface area (Å²) >= 11 is 0. The molecule has 0 aromatic heterocycles. The summed E-state index contributed by atoms with van der Waals surface area (Å²) in [6.45, 7) is 4.73. The Labute approximate surface area is 412 Å². The van der Waals surface area contributed by atoms with Crippen LogP contribution >= 0.6 is 7.82 Å². The van der Waals surface area contributed by atoms with Gasteiger partial charge in [0.15, 0.2) is 0 Å². The van der Waals surface area contributed by atoms with Crippen LogP contribution in [-0.2, 0) is 18.4 Å². The maximum Gasteiger partial charge on any atom is 0.268 e. The number of carbonyl (C=O) groups is 1. The van der Waals surface area contributed by atoms with Crippen LogP contribution in [0.15, 0.2) is 12.2 Å². The van der Waals surface area contributed by atoms with E-state index in [2.05, 4.69) is 31.3 Å². The highest BCUT2D eigenvalue weighted by Crippen LogP contribution is 2.38. The van der Waals surface area contributed by atoms with Gasteiger partial charge in [-0.3, -0.25) is 9.36 Å². The molecule has 0 fully saturated rings. The van der Waals surface area contributed by atoms with Crippen LogP contribution in [-0.4, -0.2) is 68.5 Å². The van der Waals surface area contributed by atoms with E-state index in [-0.39, 0.29) is 19.1 Å². The average Bonchev–Trinajstić information content (AvgIpc) is 3.28. The zero-order chi connectivity index (χ0) is 48.5. The van der Waals surface area contributed by atoms with Crippen molar-refractivity contribution in [3.8, 4) is 0 Å². The number of likely N-dealkylation sites (N-methyl/N-ethyl adjacent to an activating group) is 1. The van der Waals surface area contributed by atoms with Crippen LogP contribution in [0.3, 0.4) is 0 Å². The quantitative estimate of drug-likeness (QED) is 0.0272. The normalized spacial score (nSPS) is 14.0. The SMILES string of the molecule is CCCCCC/C=C\CCCCCCCC(=O)NC(COP(=O)([O-])OCC[N+](C)(C)C)C(O)CCCCCCCCCCCCCCCCCCCCCCCCCCCCCCCCC. The van der Waals surface area contributed by atoms with Crippen molar-refractivity contribution in [2.24, 2.45) is 0 Å². The van der Waals surface area contributed by atoms with Crippen molar-refractivity contribution in [2.75, 3.05) is 40.9 Å². The highest BCUT2D eigenvalue weighted by Gasteiger charge is 2.24. The second-order valence-electron chi connectivity index (χ2n) is 21.4. The molecule has 9 heteroatoms. The van der Waals surface area contributed by atoms with E-state index in [0.717, 1.165) is 51.4 Å². The fourth-order valence-corrected chi connectivity index (χ4v) is 9.64. The second-order valence-corrected chi connectivity index (χ2v) is 22.8. The molecule has 2 N–H and O–H groups in total. The number of hydrogen-bond acceptors (Lipinski definition) is 6. The number of rotatable bonds is 54. The maximum absolute atomic E-state index is 12.9. The molecular weight excluding hydrogens is 840 g/mol. The molecule has 0 radical (unpaired) electrons. The zero-order valence-electron chi connectivity index (χ0n) is 44.9. The Balaban J connectivity index is 3.99. The third-order valence-electron chi connectivity index (χ3n) is 13.5. The van der Waals surface area contributed by atoms with E-state index in [4.69, 9.17) is 9.05 Å². The third kappa shape index (κ3) is 51.1.